The van der Waals surface area contributed by atoms with Gasteiger partial charge in [0.1, 0.15) is 12.1 Å². The molecule has 10 atom stereocenters. The minimum atomic E-state index is -0.879. The molecular formula is C40H67N5O7. The van der Waals surface area contributed by atoms with Gasteiger partial charge in [-0.05, 0) is 58.2 Å². The van der Waals surface area contributed by atoms with Crippen LogP contribution in [0.25, 0.3) is 0 Å². The van der Waals surface area contributed by atoms with Gasteiger partial charge in [-0.25, -0.2) is 0 Å². The highest BCUT2D eigenvalue weighted by atomic mass is 16.5. The third-order valence-electron chi connectivity index (χ3n) is 10.7. The molecule has 0 bridgehead atoms. The highest BCUT2D eigenvalue weighted by Crippen LogP contribution is 2.30. The van der Waals surface area contributed by atoms with Crippen molar-refractivity contribution >= 4 is 23.6 Å². The summed E-state index contributed by atoms with van der Waals surface area (Å²) in [5.41, 5.74) is 1.38. The molecule has 1 aliphatic rings. The highest BCUT2D eigenvalue weighted by molar-refractivity contribution is 5.91. The topological polar surface area (TPSA) is 141 Å². The molecule has 0 aromatic heterocycles. The number of nitrogens with one attached hydrogen (secondary N) is 2. The lowest BCUT2D eigenvalue weighted by Gasteiger charge is -2.41. The summed E-state index contributed by atoms with van der Waals surface area (Å²) in [5.74, 6) is -1.81. The fourth-order valence-electron chi connectivity index (χ4n) is 7.54. The normalized spacial score (nSPS) is 19.9. The number of likely N-dealkylation sites (N-methyl/N-ethyl adjacent to an activating group) is 2. The maximum atomic E-state index is 14.2. The van der Waals surface area contributed by atoms with Crippen molar-refractivity contribution in [3.63, 3.8) is 0 Å². The van der Waals surface area contributed by atoms with Crippen LogP contribution in [0.2, 0.25) is 0 Å². The summed E-state index contributed by atoms with van der Waals surface area (Å²) in [6.07, 6.45) is 0.0891. The molecular weight excluding hydrogens is 662 g/mol. The number of hydrogen-bond donors (Lipinski definition) is 3. The number of aliphatic hydroxyl groups is 1. The van der Waals surface area contributed by atoms with E-state index in [1.165, 1.54) is 0 Å². The Kier molecular flexibility index (Phi) is 17.9. The molecule has 3 N–H and O–H groups in total. The van der Waals surface area contributed by atoms with Crippen LogP contribution in [-0.2, 0) is 28.7 Å². The number of rotatable bonds is 20. The van der Waals surface area contributed by atoms with Gasteiger partial charge in [0.2, 0.25) is 23.6 Å². The maximum Gasteiger partial charge on any atom is 0.245 e. The molecule has 1 aromatic rings. The first-order valence-corrected chi connectivity index (χ1v) is 18.7. The molecule has 0 spiro atoms. The Balaban J connectivity index is 2.26. The Morgan fingerprint density at radius 1 is 0.981 bits per heavy atom. The second-order valence-electron chi connectivity index (χ2n) is 15.2. The minimum absolute atomic E-state index is 0.0218. The van der Waals surface area contributed by atoms with E-state index in [0.717, 1.165) is 12.8 Å². The molecule has 4 amide bonds. The maximum absolute atomic E-state index is 14.2. The number of carbonyl (C=O) groups excluding carboxylic acids is 4. The predicted octanol–water partition coefficient (Wildman–Crippen LogP) is 3.79. The molecule has 12 nitrogen and oxygen atoms in total. The van der Waals surface area contributed by atoms with Gasteiger partial charge in [-0.2, -0.15) is 0 Å². The lowest BCUT2D eigenvalue weighted by Crippen LogP contribution is -2.59. The van der Waals surface area contributed by atoms with E-state index >= 15 is 0 Å². The molecule has 1 heterocycles. The van der Waals surface area contributed by atoms with E-state index in [-0.39, 0.29) is 47.9 Å². The van der Waals surface area contributed by atoms with Gasteiger partial charge in [-0.15, -0.1) is 0 Å². The zero-order valence-electron chi connectivity index (χ0n) is 33.7. The number of aliphatic hydroxyl groups excluding tert-OH is 1. The van der Waals surface area contributed by atoms with E-state index in [1.54, 1.807) is 70.8 Å². The average molecular weight is 730 g/mol. The van der Waals surface area contributed by atoms with Crippen molar-refractivity contribution in [1.29, 1.82) is 0 Å². The van der Waals surface area contributed by atoms with Crippen molar-refractivity contribution in [2.75, 3.05) is 41.9 Å². The van der Waals surface area contributed by atoms with Crippen LogP contribution in [0, 0.1) is 17.8 Å². The molecule has 1 saturated heterocycles. The lowest BCUT2D eigenvalue weighted by molar-refractivity contribution is -0.148. The number of nitrogens with zero attached hydrogens (tertiary/aromatic N) is 3. The number of likely N-dealkylation sites (tertiary alicyclic amines) is 1. The second-order valence-corrected chi connectivity index (χ2v) is 15.2. The van der Waals surface area contributed by atoms with Gasteiger partial charge in [0.05, 0.1) is 48.8 Å². The summed E-state index contributed by atoms with van der Waals surface area (Å²) in [6.45, 7) is 17.7. The summed E-state index contributed by atoms with van der Waals surface area (Å²) >= 11 is 0. The Bertz CT molecular complexity index is 1320. The quantitative estimate of drug-likeness (QED) is 0.172. The van der Waals surface area contributed by atoms with Crippen LogP contribution >= 0.6 is 0 Å². The fourth-order valence-corrected chi connectivity index (χ4v) is 7.54. The van der Waals surface area contributed by atoms with E-state index in [1.807, 2.05) is 58.0 Å². The van der Waals surface area contributed by atoms with Crippen LogP contribution in [-0.4, -0.2) is 128 Å². The summed E-state index contributed by atoms with van der Waals surface area (Å²) in [7, 11) is 8.42. The third-order valence-corrected chi connectivity index (χ3v) is 10.7. The number of methoxy groups -OCH3 is 2. The van der Waals surface area contributed by atoms with Gasteiger partial charge in [-0.3, -0.25) is 24.1 Å². The molecule has 52 heavy (non-hydrogen) atoms. The number of benzene rings is 1. The zero-order valence-corrected chi connectivity index (χ0v) is 33.7. The van der Waals surface area contributed by atoms with Crippen molar-refractivity contribution in [1.82, 2.24) is 25.3 Å². The molecule has 1 aliphatic heterocycles. The molecule has 1 fully saturated rings. The number of amides is 4. The van der Waals surface area contributed by atoms with Gasteiger partial charge in [0.15, 0.2) is 0 Å². The zero-order chi connectivity index (χ0) is 39.4. The number of carbonyl (C=O) groups is 4. The molecule has 2 rings (SSSR count). The molecule has 294 valence electrons. The van der Waals surface area contributed by atoms with Crippen LogP contribution in [0.15, 0.2) is 42.5 Å². The Morgan fingerprint density at radius 2 is 1.60 bits per heavy atom. The van der Waals surface area contributed by atoms with Crippen molar-refractivity contribution in [3.05, 3.63) is 48.0 Å². The second kappa shape index (κ2) is 20.8. The largest absolute Gasteiger partial charge is 0.386 e. The van der Waals surface area contributed by atoms with E-state index in [4.69, 9.17) is 9.47 Å². The summed E-state index contributed by atoms with van der Waals surface area (Å²) in [4.78, 5) is 60.3. The third kappa shape index (κ3) is 11.3. The molecule has 0 saturated carbocycles. The van der Waals surface area contributed by atoms with Crippen LogP contribution in [0.4, 0.5) is 0 Å². The highest BCUT2D eigenvalue weighted by Gasteiger charge is 2.43. The standard InChI is InChI=1S/C40H67N5O7/c1-14-26(6)35(44(11)40(50)33(24(2)3)42-39(49)34(25(4)5)43(9)10)31(51-12)23-32(46)45-22-18-21-30(45)37(52-13)27(7)38(48)41-28(8)36(47)29-19-16-15-17-20-29/h15-17,19-20,24,26-28,30-31,33-37,47H,4,14,18,21-23H2,1-3,5-13H3,(H,41,48)(H,42,49)/t26-,27+,28+,30-,31+,33-,34-,35-,36+,37+/m0/s1. The molecule has 0 unspecified atom stereocenters. The van der Waals surface area contributed by atoms with Gasteiger partial charge >= 0.3 is 0 Å². The van der Waals surface area contributed by atoms with Crippen molar-refractivity contribution in [3.8, 4) is 0 Å². The average Bonchev–Trinajstić information content (AvgIpc) is 3.59. The summed E-state index contributed by atoms with van der Waals surface area (Å²) in [5, 5.41) is 16.7. The van der Waals surface area contributed by atoms with Crippen molar-refractivity contribution in [2.45, 2.75) is 123 Å². The van der Waals surface area contributed by atoms with Crippen molar-refractivity contribution in [2.24, 2.45) is 17.8 Å². The van der Waals surface area contributed by atoms with Crippen molar-refractivity contribution < 1.29 is 33.8 Å². The van der Waals surface area contributed by atoms with Gasteiger partial charge < -0.3 is 35.0 Å². The first-order chi connectivity index (χ1) is 24.4. The van der Waals surface area contributed by atoms with Crippen LogP contribution in [0.1, 0.15) is 85.8 Å². The minimum Gasteiger partial charge on any atom is -0.386 e. The van der Waals surface area contributed by atoms with Crippen LogP contribution < -0.4 is 10.6 Å². The van der Waals surface area contributed by atoms with E-state index in [0.29, 0.717) is 24.1 Å². The summed E-state index contributed by atoms with van der Waals surface area (Å²) in [6, 6.07) is 6.45. The van der Waals surface area contributed by atoms with E-state index in [2.05, 4.69) is 17.2 Å². The van der Waals surface area contributed by atoms with E-state index < -0.39 is 48.4 Å². The van der Waals surface area contributed by atoms with Crippen LogP contribution in [0.3, 0.4) is 0 Å². The molecule has 1 aromatic carbocycles. The Labute approximate surface area is 312 Å². The Morgan fingerprint density at radius 3 is 2.10 bits per heavy atom. The molecule has 0 radical (unpaired) electrons. The first-order valence-electron chi connectivity index (χ1n) is 18.7. The molecule has 12 heteroatoms. The lowest BCUT2D eigenvalue weighted by atomic mass is 9.89. The first kappa shape index (κ1) is 44.8. The predicted molar refractivity (Wildman–Crippen MR) is 204 cm³/mol. The van der Waals surface area contributed by atoms with Crippen LogP contribution in [0.5, 0.6) is 0 Å². The smallest absolute Gasteiger partial charge is 0.245 e. The number of ether oxygens (including phenoxy) is 2. The van der Waals surface area contributed by atoms with Gasteiger partial charge in [-0.1, -0.05) is 83.5 Å². The Hall–Kier alpha value is -3.32. The summed E-state index contributed by atoms with van der Waals surface area (Å²) < 4.78 is 11.9. The SMILES string of the molecule is C=C(C)[C@@H](C(=O)N[C@H](C(=O)N(C)[C@@H]([C@@H](C)CC)[C@@H](CC(=O)N1CCC[C@H]1[C@H](OC)[C@@H](C)C(=O)N[C@H](C)[C@@H](O)c1ccccc1)OC)C(C)C)N(C)C. The van der Waals surface area contributed by atoms with Gasteiger partial charge in [0, 0.05) is 27.8 Å². The fraction of sp³-hybridized carbons (Fsp3) is 0.700. The van der Waals surface area contributed by atoms with E-state index in [9.17, 15) is 24.3 Å². The van der Waals surface area contributed by atoms with Gasteiger partial charge in [0.25, 0.3) is 0 Å². The number of hydrogen-bond acceptors (Lipinski definition) is 8. The monoisotopic (exact) mass is 730 g/mol. The molecule has 0 aliphatic carbocycles.